The van der Waals surface area contributed by atoms with E-state index in [1.54, 1.807) is 0 Å². The number of nitrogens with one attached hydrogen (secondary N) is 1. The zero-order chi connectivity index (χ0) is 20.9. The number of benzene rings is 2. The Hall–Kier alpha value is -2.65. The van der Waals surface area contributed by atoms with E-state index < -0.39 is 28.3 Å². The number of halogens is 1. The van der Waals surface area contributed by atoms with Crippen molar-refractivity contribution in [3.63, 3.8) is 0 Å². The molecule has 1 fully saturated rings. The number of anilines is 2. The van der Waals surface area contributed by atoms with Gasteiger partial charge in [-0.3, -0.25) is 9.10 Å². The van der Waals surface area contributed by atoms with Crippen molar-refractivity contribution < 1.29 is 22.3 Å². The number of hydrogen-bond donors (Lipinski definition) is 1. The van der Waals surface area contributed by atoms with Crippen LogP contribution >= 0.6 is 0 Å². The summed E-state index contributed by atoms with van der Waals surface area (Å²) in [7, 11) is -3.74. The quantitative estimate of drug-likeness (QED) is 0.737. The number of carbonyl (C=O) groups excluding carboxylic acids is 1. The van der Waals surface area contributed by atoms with Gasteiger partial charge in [0, 0.05) is 25.3 Å². The predicted octanol–water partition coefficient (Wildman–Crippen LogP) is 1.74. The summed E-state index contributed by atoms with van der Waals surface area (Å²) in [5, 5.41) is 2.71. The molecule has 0 unspecified atom stereocenters. The smallest absolute Gasteiger partial charge is 0.241 e. The molecule has 1 saturated heterocycles. The van der Waals surface area contributed by atoms with Crippen LogP contribution in [0.5, 0.6) is 0 Å². The summed E-state index contributed by atoms with van der Waals surface area (Å²) in [6.07, 6.45) is 0.982. The van der Waals surface area contributed by atoms with E-state index in [0.717, 1.165) is 41.0 Å². The molecular weight excluding hydrogens is 397 g/mol. The summed E-state index contributed by atoms with van der Waals surface area (Å²) in [5.74, 6) is -1.05. The maximum absolute atomic E-state index is 13.5. The first-order valence-electron chi connectivity index (χ1n) is 9.24. The molecule has 0 aliphatic carbocycles. The van der Waals surface area contributed by atoms with E-state index in [4.69, 9.17) is 4.74 Å². The molecule has 29 heavy (non-hydrogen) atoms. The van der Waals surface area contributed by atoms with Crippen LogP contribution in [0, 0.1) is 5.82 Å². The molecule has 1 aliphatic rings. The highest BCUT2D eigenvalue weighted by Crippen LogP contribution is 2.19. The van der Waals surface area contributed by atoms with Gasteiger partial charge in [0.15, 0.2) is 0 Å². The average Bonchev–Trinajstić information content (AvgIpc) is 2.70. The van der Waals surface area contributed by atoms with Gasteiger partial charge < -0.3 is 15.0 Å². The molecule has 1 aliphatic heterocycles. The molecule has 3 rings (SSSR count). The molecule has 0 radical (unpaired) electrons. The van der Waals surface area contributed by atoms with Gasteiger partial charge in [0.1, 0.15) is 12.4 Å². The van der Waals surface area contributed by atoms with Crippen LogP contribution in [0.4, 0.5) is 15.8 Å². The Labute approximate surface area is 170 Å². The summed E-state index contributed by atoms with van der Waals surface area (Å²) in [6, 6.07) is 13.0. The largest absolute Gasteiger partial charge is 0.378 e. The van der Waals surface area contributed by atoms with Gasteiger partial charge in [-0.25, -0.2) is 12.8 Å². The number of ether oxygens (including phenoxy) is 1. The zero-order valence-electron chi connectivity index (χ0n) is 16.2. The van der Waals surface area contributed by atoms with Crippen LogP contribution in [0.15, 0.2) is 48.5 Å². The number of rotatable bonds is 7. The van der Waals surface area contributed by atoms with Crippen LogP contribution in [0.1, 0.15) is 5.56 Å². The highest BCUT2D eigenvalue weighted by atomic mass is 32.2. The third-order valence-electron chi connectivity index (χ3n) is 4.59. The number of hydrogen-bond acceptors (Lipinski definition) is 5. The summed E-state index contributed by atoms with van der Waals surface area (Å²) >= 11 is 0. The standard InChI is InChI=1S/C20H24FN3O4S/c1-29(26,27)24(19-4-2-3-17(21)13-19)15-20(25)22-14-16-5-7-18(8-6-16)23-9-11-28-12-10-23/h2-8,13H,9-12,14-15H2,1H3,(H,22,25). The highest BCUT2D eigenvalue weighted by Gasteiger charge is 2.21. The predicted molar refractivity (Wildman–Crippen MR) is 110 cm³/mol. The second-order valence-corrected chi connectivity index (χ2v) is 8.70. The lowest BCUT2D eigenvalue weighted by Gasteiger charge is -2.29. The first-order chi connectivity index (χ1) is 13.8. The van der Waals surface area contributed by atoms with E-state index >= 15 is 0 Å². The Morgan fingerprint density at radius 1 is 1.17 bits per heavy atom. The molecule has 0 atom stereocenters. The minimum Gasteiger partial charge on any atom is -0.378 e. The van der Waals surface area contributed by atoms with Crippen molar-refractivity contribution in [3.05, 3.63) is 59.9 Å². The van der Waals surface area contributed by atoms with E-state index in [0.29, 0.717) is 13.2 Å². The van der Waals surface area contributed by atoms with Gasteiger partial charge in [0.05, 0.1) is 25.2 Å². The molecule has 2 aromatic carbocycles. The fourth-order valence-corrected chi connectivity index (χ4v) is 3.91. The van der Waals surface area contributed by atoms with Crippen LogP contribution in [0.3, 0.4) is 0 Å². The number of carbonyl (C=O) groups is 1. The maximum atomic E-state index is 13.5. The number of sulfonamides is 1. The topological polar surface area (TPSA) is 79.0 Å². The maximum Gasteiger partial charge on any atom is 0.241 e. The fourth-order valence-electron chi connectivity index (χ4n) is 3.06. The van der Waals surface area contributed by atoms with Gasteiger partial charge >= 0.3 is 0 Å². The SMILES string of the molecule is CS(=O)(=O)N(CC(=O)NCc1ccc(N2CCOCC2)cc1)c1cccc(F)c1. The normalized spacial score (nSPS) is 14.5. The molecular formula is C20H24FN3O4S. The number of nitrogens with zero attached hydrogens (tertiary/aromatic N) is 2. The van der Waals surface area contributed by atoms with Crippen molar-refractivity contribution in [2.75, 3.05) is 48.3 Å². The molecule has 0 aromatic heterocycles. The van der Waals surface area contributed by atoms with Crippen molar-refractivity contribution in [2.45, 2.75) is 6.54 Å². The van der Waals surface area contributed by atoms with Gasteiger partial charge in [0.2, 0.25) is 15.9 Å². The molecule has 1 heterocycles. The molecule has 7 nitrogen and oxygen atoms in total. The van der Waals surface area contributed by atoms with E-state index in [9.17, 15) is 17.6 Å². The first kappa shape index (κ1) is 21.1. The third-order valence-corrected chi connectivity index (χ3v) is 5.73. The molecule has 1 N–H and O–H groups in total. The lowest BCUT2D eigenvalue weighted by molar-refractivity contribution is -0.119. The zero-order valence-corrected chi connectivity index (χ0v) is 17.0. The van der Waals surface area contributed by atoms with E-state index in [1.807, 2.05) is 24.3 Å². The number of morpholine rings is 1. The fraction of sp³-hybridized carbons (Fsp3) is 0.350. The second kappa shape index (κ2) is 9.23. The second-order valence-electron chi connectivity index (χ2n) is 6.79. The van der Waals surface area contributed by atoms with Gasteiger partial charge in [-0.1, -0.05) is 18.2 Å². The van der Waals surface area contributed by atoms with Crippen LogP contribution in [-0.4, -0.2) is 53.4 Å². The molecule has 0 saturated carbocycles. The number of amides is 1. The van der Waals surface area contributed by atoms with E-state index in [-0.39, 0.29) is 12.2 Å². The summed E-state index contributed by atoms with van der Waals surface area (Å²) in [4.78, 5) is 14.5. The van der Waals surface area contributed by atoms with E-state index in [2.05, 4.69) is 10.2 Å². The van der Waals surface area contributed by atoms with Crippen molar-refractivity contribution >= 4 is 27.3 Å². The van der Waals surface area contributed by atoms with Crippen LogP contribution < -0.4 is 14.5 Å². The molecule has 0 spiro atoms. The van der Waals surface area contributed by atoms with Gasteiger partial charge in [0.25, 0.3) is 0 Å². The van der Waals surface area contributed by atoms with Crippen LogP contribution in [0.2, 0.25) is 0 Å². The minimum atomic E-state index is -3.74. The monoisotopic (exact) mass is 421 g/mol. The first-order valence-corrected chi connectivity index (χ1v) is 11.1. The van der Waals surface area contributed by atoms with Crippen LogP contribution in [-0.2, 0) is 26.1 Å². The van der Waals surface area contributed by atoms with Crippen molar-refractivity contribution in [3.8, 4) is 0 Å². The van der Waals surface area contributed by atoms with Crippen molar-refractivity contribution in [1.29, 1.82) is 0 Å². The molecule has 1 amide bonds. The molecule has 156 valence electrons. The summed E-state index contributed by atoms with van der Waals surface area (Å²) < 4.78 is 43.8. The Balaban J connectivity index is 1.59. The van der Waals surface area contributed by atoms with Gasteiger partial charge in [-0.2, -0.15) is 0 Å². The van der Waals surface area contributed by atoms with Gasteiger partial charge in [-0.05, 0) is 35.9 Å². The molecule has 2 aromatic rings. The van der Waals surface area contributed by atoms with Crippen molar-refractivity contribution in [1.82, 2.24) is 5.32 Å². The average molecular weight is 421 g/mol. The van der Waals surface area contributed by atoms with E-state index in [1.165, 1.54) is 18.2 Å². The molecule has 0 bridgehead atoms. The Morgan fingerprint density at radius 2 is 1.86 bits per heavy atom. The Morgan fingerprint density at radius 3 is 2.48 bits per heavy atom. The lowest BCUT2D eigenvalue weighted by atomic mass is 10.2. The summed E-state index contributed by atoms with van der Waals surface area (Å²) in [6.45, 7) is 2.95. The minimum absolute atomic E-state index is 0.109. The van der Waals surface area contributed by atoms with Gasteiger partial charge in [-0.15, -0.1) is 0 Å². The van der Waals surface area contributed by atoms with Crippen LogP contribution in [0.25, 0.3) is 0 Å². The summed E-state index contributed by atoms with van der Waals surface area (Å²) in [5.41, 5.74) is 2.10. The third kappa shape index (κ3) is 5.91. The molecule has 9 heteroatoms. The Bertz CT molecular complexity index is 944. The van der Waals surface area contributed by atoms with Crippen molar-refractivity contribution in [2.24, 2.45) is 0 Å². The highest BCUT2D eigenvalue weighted by molar-refractivity contribution is 7.92. The Kier molecular flexibility index (Phi) is 6.71. The lowest BCUT2D eigenvalue weighted by Crippen LogP contribution is -2.40.